The Morgan fingerprint density at radius 1 is 0.969 bits per heavy atom. The minimum atomic E-state index is -0.423. The van der Waals surface area contributed by atoms with Crippen LogP contribution in [0.2, 0.25) is 0 Å². The maximum absolute atomic E-state index is 12.5. The van der Waals surface area contributed by atoms with Crippen LogP contribution in [0.5, 0.6) is 0 Å². The van der Waals surface area contributed by atoms with Crippen molar-refractivity contribution >= 4 is 23.4 Å². The van der Waals surface area contributed by atoms with Gasteiger partial charge in [-0.15, -0.1) is 10.2 Å². The van der Waals surface area contributed by atoms with E-state index in [1.807, 2.05) is 6.07 Å². The second-order valence-corrected chi connectivity index (χ2v) is 7.92. The van der Waals surface area contributed by atoms with Crippen molar-refractivity contribution in [1.82, 2.24) is 10.2 Å². The predicted octanol–water partition coefficient (Wildman–Crippen LogP) is 3.97. The Morgan fingerprint density at radius 2 is 1.69 bits per heavy atom. The topological polar surface area (TPSA) is 84.4 Å². The van der Waals surface area contributed by atoms with Gasteiger partial charge in [-0.3, -0.25) is 4.79 Å². The number of carbonyl (C=O) groups excluding carboxylic acids is 2. The lowest BCUT2D eigenvalue weighted by molar-refractivity contribution is 0.0600. The summed E-state index contributed by atoms with van der Waals surface area (Å²) >= 11 is 0. The van der Waals surface area contributed by atoms with Crippen LogP contribution in [0.3, 0.4) is 0 Å². The molecule has 1 saturated heterocycles. The summed E-state index contributed by atoms with van der Waals surface area (Å²) in [5.41, 5.74) is 2.61. The highest BCUT2D eigenvalue weighted by atomic mass is 16.5. The summed E-state index contributed by atoms with van der Waals surface area (Å²) in [7, 11) is 1.33. The third kappa shape index (κ3) is 5.29. The summed E-state index contributed by atoms with van der Waals surface area (Å²) in [5.74, 6) is 0.698. The molecule has 1 aliphatic rings. The maximum Gasteiger partial charge on any atom is 0.337 e. The fourth-order valence-corrected chi connectivity index (χ4v) is 3.93. The number of hydrogen-bond acceptors (Lipinski definition) is 6. The van der Waals surface area contributed by atoms with Gasteiger partial charge in [0, 0.05) is 18.8 Å². The predicted molar refractivity (Wildman–Crippen MR) is 123 cm³/mol. The number of carbonyl (C=O) groups is 2. The lowest BCUT2D eigenvalue weighted by Crippen LogP contribution is -2.35. The van der Waals surface area contributed by atoms with Crippen LogP contribution in [-0.2, 0) is 11.2 Å². The zero-order valence-corrected chi connectivity index (χ0v) is 18.0. The van der Waals surface area contributed by atoms with Crippen molar-refractivity contribution in [2.75, 3.05) is 30.4 Å². The second kappa shape index (κ2) is 10.0. The minimum Gasteiger partial charge on any atom is -0.465 e. The Morgan fingerprint density at radius 3 is 2.31 bits per heavy atom. The number of esters is 1. The zero-order chi connectivity index (χ0) is 22.3. The second-order valence-electron chi connectivity index (χ2n) is 7.92. The molecule has 1 N–H and O–H groups in total. The average Bonchev–Trinajstić information content (AvgIpc) is 2.85. The SMILES string of the molecule is COC(=O)c1ccc(NC(=O)c2ccc(N3CCC(Cc4ccccc4)CC3)nn2)cc1. The van der Waals surface area contributed by atoms with Gasteiger partial charge >= 0.3 is 5.97 Å². The lowest BCUT2D eigenvalue weighted by atomic mass is 9.90. The fourth-order valence-electron chi connectivity index (χ4n) is 3.93. The monoisotopic (exact) mass is 430 g/mol. The maximum atomic E-state index is 12.5. The van der Waals surface area contributed by atoms with Crippen LogP contribution in [0.4, 0.5) is 11.5 Å². The number of nitrogens with zero attached hydrogens (tertiary/aromatic N) is 3. The number of anilines is 2. The summed E-state index contributed by atoms with van der Waals surface area (Å²) in [5, 5.41) is 11.2. The van der Waals surface area contributed by atoms with Crippen molar-refractivity contribution in [1.29, 1.82) is 0 Å². The van der Waals surface area contributed by atoms with Gasteiger partial charge in [-0.2, -0.15) is 0 Å². The smallest absolute Gasteiger partial charge is 0.337 e. The van der Waals surface area contributed by atoms with E-state index in [9.17, 15) is 9.59 Å². The van der Waals surface area contributed by atoms with Crippen LogP contribution in [0, 0.1) is 5.92 Å². The molecule has 164 valence electrons. The van der Waals surface area contributed by atoms with Crippen LogP contribution < -0.4 is 10.2 Å². The molecule has 1 amide bonds. The van der Waals surface area contributed by atoms with Crippen LogP contribution >= 0.6 is 0 Å². The van der Waals surface area contributed by atoms with E-state index in [0.29, 0.717) is 17.2 Å². The molecule has 7 heteroatoms. The zero-order valence-electron chi connectivity index (χ0n) is 18.0. The Balaban J connectivity index is 1.30. The van der Waals surface area contributed by atoms with Gasteiger partial charge in [-0.25, -0.2) is 4.79 Å². The number of aromatic nitrogens is 2. The average molecular weight is 431 g/mol. The largest absolute Gasteiger partial charge is 0.465 e. The molecule has 0 radical (unpaired) electrons. The first kappa shape index (κ1) is 21.5. The van der Waals surface area contributed by atoms with Gasteiger partial charge in [0.1, 0.15) is 0 Å². The van der Waals surface area contributed by atoms with Crippen LogP contribution in [0.1, 0.15) is 39.3 Å². The summed E-state index contributed by atoms with van der Waals surface area (Å²) in [6.07, 6.45) is 3.33. The van der Waals surface area contributed by atoms with E-state index in [1.54, 1.807) is 30.3 Å². The quantitative estimate of drug-likeness (QED) is 0.596. The molecular weight excluding hydrogens is 404 g/mol. The number of ether oxygens (including phenoxy) is 1. The van der Waals surface area contributed by atoms with Gasteiger partial charge in [-0.1, -0.05) is 30.3 Å². The normalized spacial score (nSPS) is 14.1. The van der Waals surface area contributed by atoms with Crippen molar-refractivity contribution in [3.63, 3.8) is 0 Å². The number of piperidine rings is 1. The first-order chi connectivity index (χ1) is 15.6. The van der Waals surface area contributed by atoms with E-state index < -0.39 is 5.97 Å². The molecule has 1 aliphatic heterocycles. The van der Waals surface area contributed by atoms with Crippen LogP contribution in [0.25, 0.3) is 0 Å². The number of benzene rings is 2. The van der Waals surface area contributed by atoms with Crippen molar-refractivity contribution < 1.29 is 14.3 Å². The Hall–Kier alpha value is -3.74. The third-order valence-corrected chi connectivity index (χ3v) is 5.75. The van der Waals surface area contributed by atoms with E-state index >= 15 is 0 Å². The van der Waals surface area contributed by atoms with Crippen LogP contribution in [0.15, 0.2) is 66.7 Å². The molecule has 0 unspecified atom stereocenters. The third-order valence-electron chi connectivity index (χ3n) is 5.75. The standard InChI is InChI=1S/C25H26N4O3/c1-32-25(31)20-7-9-21(10-8-20)26-24(30)22-11-12-23(28-27-22)29-15-13-19(14-16-29)17-18-5-3-2-4-6-18/h2-12,19H,13-17H2,1H3,(H,26,30). The Kier molecular flexibility index (Phi) is 6.75. The molecule has 32 heavy (non-hydrogen) atoms. The molecule has 0 aliphatic carbocycles. The molecule has 2 aromatic carbocycles. The van der Waals surface area contributed by atoms with Gasteiger partial charge in [0.15, 0.2) is 11.5 Å². The van der Waals surface area contributed by atoms with Crippen molar-refractivity contribution in [3.05, 3.63) is 83.6 Å². The molecule has 4 rings (SSSR count). The molecule has 2 heterocycles. The molecule has 7 nitrogen and oxygen atoms in total. The molecule has 3 aromatic rings. The Labute approximate surface area is 187 Å². The molecular formula is C25H26N4O3. The summed E-state index contributed by atoms with van der Waals surface area (Å²) in [6, 6.07) is 20.6. The van der Waals surface area contributed by atoms with Crippen molar-refractivity contribution in [2.24, 2.45) is 5.92 Å². The highest BCUT2D eigenvalue weighted by Gasteiger charge is 2.21. The van der Waals surface area contributed by atoms with Gasteiger partial charge in [-0.05, 0) is 67.1 Å². The van der Waals surface area contributed by atoms with Gasteiger partial charge in [0.05, 0.1) is 12.7 Å². The fraction of sp³-hybridized carbons (Fsp3) is 0.280. The summed E-state index contributed by atoms with van der Waals surface area (Å²) in [4.78, 5) is 26.2. The number of hydrogen-bond donors (Lipinski definition) is 1. The van der Waals surface area contributed by atoms with Gasteiger partial charge < -0.3 is 15.0 Å². The number of nitrogens with one attached hydrogen (secondary N) is 1. The van der Waals surface area contributed by atoms with Gasteiger partial charge in [0.25, 0.3) is 5.91 Å². The molecule has 0 bridgehead atoms. The van der Waals surface area contributed by atoms with E-state index in [4.69, 9.17) is 0 Å². The van der Waals surface area contributed by atoms with E-state index in [2.05, 4.69) is 55.5 Å². The van der Waals surface area contributed by atoms with E-state index in [0.717, 1.165) is 38.2 Å². The number of methoxy groups -OCH3 is 1. The first-order valence-corrected chi connectivity index (χ1v) is 10.7. The molecule has 0 atom stereocenters. The highest BCUT2D eigenvalue weighted by Crippen LogP contribution is 2.24. The summed E-state index contributed by atoms with van der Waals surface area (Å²) < 4.78 is 4.67. The molecule has 0 spiro atoms. The molecule has 1 fully saturated rings. The van der Waals surface area contributed by atoms with Crippen molar-refractivity contribution in [2.45, 2.75) is 19.3 Å². The van der Waals surface area contributed by atoms with Crippen molar-refractivity contribution in [3.8, 4) is 0 Å². The molecule has 1 aromatic heterocycles. The summed E-state index contributed by atoms with van der Waals surface area (Å²) in [6.45, 7) is 1.87. The minimum absolute atomic E-state index is 0.241. The lowest BCUT2D eigenvalue weighted by Gasteiger charge is -2.32. The Bertz CT molecular complexity index is 1040. The first-order valence-electron chi connectivity index (χ1n) is 10.7. The molecule has 0 saturated carbocycles. The van der Waals surface area contributed by atoms with Gasteiger partial charge in [0.2, 0.25) is 0 Å². The van der Waals surface area contributed by atoms with E-state index in [-0.39, 0.29) is 11.6 Å². The number of amides is 1. The van der Waals surface area contributed by atoms with E-state index in [1.165, 1.54) is 12.7 Å². The number of rotatable bonds is 6. The van der Waals surface area contributed by atoms with Crippen LogP contribution in [-0.4, -0.2) is 42.3 Å². The highest BCUT2D eigenvalue weighted by molar-refractivity contribution is 6.03.